The Kier molecular flexibility index (Phi) is 4.66. The Morgan fingerprint density at radius 3 is 2.79 bits per heavy atom. The van der Waals surface area contributed by atoms with Crippen LogP contribution in [0.1, 0.15) is 44.2 Å². The Balaban J connectivity index is 2.39. The van der Waals surface area contributed by atoms with Crippen molar-refractivity contribution in [2.75, 3.05) is 19.4 Å². The van der Waals surface area contributed by atoms with Crippen molar-refractivity contribution in [1.82, 2.24) is 10.3 Å². The van der Waals surface area contributed by atoms with E-state index in [1.807, 2.05) is 20.0 Å². The van der Waals surface area contributed by atoms with Gasteiger partial charge in [-0.25, -0.2) is 4.98 Å². The summed E-state index contributed by atoms with van der Waals surface area (Å²) in [6.07, 6.45) is 6.03. The fourth-order valence-corrected chi connectivity index (χ4v) is 3.34. The molecule has 1 aliphatic rings. The van der Waals surface area contributed by atoms with Crippen molar-refractivity contribution in [2.24, 2.45) is 0 Å². The second-order valence-electron chi connectivity index (χ2n) is 5.05. The van der Waals surface area contributed by atoms with E-state index in [-0.39, 0.29) is 11.6 Å². The molecule has 0 aliphatic heterocycles. The molecule has 106 valence electrons. The van der Waals surface area contributed by atoms with Gasteiger partial charge < -0.3 is 15.8 Å². The maximum atomic E-state index is 6.10. The monoisotopic (exact) mass is 283 g/mol. The SMILES string of the molecule is CCOC1(C(NC)c2cc(Cl)cnc2N)CCCC1. The van der Waals surface area contributed by atoms with Crippen LogP contribution in [0.5, 0.6) is 0 Å². The average molecular weight is 284 g/mol. The zero-order valence-corrected chi connectivity index (χ0v) is 12.3. The van der Waals surface area contributed by atoms with Crippen molar-refractivity contribution in [3.05, 3.63) is 22.8 Å². The standard InChI is InChI=1S/C14H22ClN3O/c1-3-19-14(6-4-5-7-14)12(17-2)11-8-10(15)9-18-13(11)16/h8-9,12,17H,3-7H2,1-2H3,(H2,16,18). The van der Waals surface area contributed by atoms with E-state index in [2.05, 4.69) is 10.3 Å². The number of ether oxygens (including phenoxy) is 1. The number of hydrogen-bond donors (Lipinski definition) is 2. The van der Waals surface area contributed by atoms with Crippen molar-refractivity contribution in [2.45, 2.75) is 44.2 Å². The van der Waals surface area contributed by atoms with Crippen LogP contribution in [-0.2, 0) is 4.74 Å². The minimum atomic E-state index is -0.190. The number of nitrogens with zero attached hydrogens (tertiary/aromatic N) is 1. The zero-order chi connectivity index (χ0) is 13.9. The first kappa shape index (κ1) is 14.6. The molecule has 1 fully saturated rings. The maximum Gasteiger partial charge on any atom is 0.128 e. The van der Waals surface area contributed by atoms with E-state index >= 15 is 0 Å². The van der Waals surface area contributed by atoms with Crippen LogP contribution in [0.2, 0.25) is 5.02 Å². The molecule has 1 aliphatic carbocycles. The molecule has 3 N–H and O–H groups in total. The Hall–Kier alpha value is -0.840. The van der Waals surface area contributed by atoms with Gasteiger partial charge in [0.15, 0.2) is 0 Å². The molecule has 0 amide bonds. The van der Waals surface area contributed by atoms with Crippen molar-refractivity contribution in [3.63, 3.8) is 0 Å². The van der Waals surface area contributed by atoms with Gasteiger partial charge in [0.05, 0.1) is 16.7 Å². The van der Waals surface area contributed by atoms with Crippen LogP contribution in [0.4, 0.5) is 5.82 Å². The van der Waals surface area contributed by atoms with E-state index in [4.69, 9.17) is 22.1 Å². The van der Waals surface area contributed by atoms with Crippen molar-refractivity contribution < 1.29 is 4.74 Å². The molecule has 1 unspecified atom stereocenters. The molecule has 0 bridgehead atoms. The highest BCUT2D eigenvalue weighted by molar-refractivity contribution is 6.30. The molecule has 0 spiro atoms. The molecule has 0 radical (unpaired) electrons. The third-order valence-corrected chi connectivity index (χ3v) is 4.13. The predicted octanol–water partition coefficient (Wildman–Crippen LogP) is 2.93. The molecule has 1 aromatic heterocycles. The van der Waals surface area contributed by atoms with Gasteiger partial charge in [0, 0.05) is 18.4 Å². The summed E-state index contributed by atoms with van der Waals surface area (Å²) in [5.74, 6) is 0.523. The summed E-state index contributed by atoms with van der Waals surface area (Å²) in [6.45, 7) is 2.73. The van der Waals surface area contributed by atoms with E-state index in [1.54, 1.807) is 6.20 Å². The van der Waals surface area contributed by atoms with Gasteiger partial charge in [-0.15, -0.1) is 0 Å². The third-order valence-electron chi connectivity index (χ3n) is 3.92. The number of hydrogen-bond acceptors (Lipinski definition) is 4. The first-order valence-electron chi connectivity index (χ1n) is 6.85. The molecule has 19 heavy (non-hydrogen) atoms. The number of aromatic nitrogens is 1. The highest BCUT2D eigenvalue weighted by atomic mass is 35.5. The molecule has 1 atom stereocenters. The van der Waals surface area contributed by atoms with Gasteiger partial charge in [0.2, 0.25) is 0 Å². The number of rotatable bonds is 5. The smallest absolute Gasteiger partial charge is 0.128 e. The lowest BCUT2D eigenvalue weighted by Crippen LogP contribution is -2.43. The number of nitrogens with one attached hydrogen (secondary N) is 1. The Morgan fingerprint density at radius 2 is 2.21 bits per heavy atom. The van der Waals surface area contributed by atoms with Crippen LogP contribution in [0, 0.1) is 0 Å². The number of likely N-dealkylation sites (N-methyl/N-ethyl adjacent to an activating group) is 1. The summed E-state index contributed by atoms with van der Waals surface area (Å²) in [6, 6.07) is 1.92. The van der Waals surface area contributed by atoms with E-state index in [1.165, 1.54) is 12.8 Å². The molecule has 4 nitrogen and oxygen atoms in total. The highest BCUT2D eigenvalue weighted by Crippen LogP contribution is 2.44. The molecular weight excluding hydrogens is 262 g/mol. The molecule has 0 aromatic carbocycles. The van der Waals surface area contributed by atoms with E-state index in [9.17, 15) is 0 Å². The molecule has 5 heteroatoms. The minimum Gasteiger partial charge on any atom is -0.383 e. The fraction of sp³-hybridized carbons (Fsp3) is 0.643. The lowest BCUT2D eigenvalue weighted by atomic mass is 9.87. The van der Waals surface area contributed by atoms with Crippen LogP contribution in [0.15, 0.2) is 12.3 Å². The van der Waals surface area contributed by atoms with Gasteiger partial charge in [-0.1, -0.05) is 24.4 Å². The maximum absolute atomic E-state index is 6.10. The minimum absolute atomic E-state index is 0.0288. The van der Waals surface area contributed by atoms with Crippen LogP contribution in [0.3, 0.4) is 0 Å². The van der Waals surface area contributed by atoms with E-state index in [0.717, 1.165) is 18.4 Å². The molecule has 1 heterocycles. The van der Waals surface area contributed by atoms with E-state index < -0.39 is 0 Å². The molecular formula is C14H22ClN3O. The van der Waals surface area contributed by atoms with Crippen molar-refractivity contribution in [1.29, 1.82) is 0 Å². The van der Waals surface area contributed by atoms with Crippen molar-refractivity contribution in [3.8, 4) is 0 Å². The summed E-state index contributed by atoms with van der Waals surface area (Å²) in [4.78, 5) is 4.16. The second kappa shape index (κ2) is 6.07. The van der Waals surface area contributed by atoms with Crippen molar-refractivity contribution >= 4 is 17.4 Å². The summed E-state index contributed by atoms with van der Waals surface area (Å²) in [5, 5.41) is 3.96. The van der Waals surface area contributed by atoms with Gasteiger partial charge >= 0.3 is 0 Å². The summed E-state index contributed by atoms with van der Waals surface area (Å²) >= 11 is 6.06. The third kappa shape index (κ3) is 2.86. The van der Waals surface area contributed by atoms with Crippen LogP contribution in [-0.4, -0.2) is 24.2 Å². The fourth-order valence-electron chi connectivity index (χ4n) is 3.18. The summed E-state index contributed by atoms with van der Waals surface area (Å²) in [5.41, 5.74) is 6.77. The molecule has 2 rings (SSSR count). The summed E-state index contributed by atoms with van der Waals surface area (Å²) < 4.78 is 6.10. The number of anilines is 1. The molecule has 1 aromatic rings. The van der Waals surface area contributed by atoms with Crippen LogP contribution in [0.25, 0.3) is 0 Å². The quantitative estimate of drug-likeness (QED) is 0.872. The Bertz CT molecular complexity index is 433. The van der Waals surface area contributed by atoms with E-state index in [0.29, 0.717) is 17.4 Å². The molecule has 1 saturated carbocycles. The predicted molar refractivity (Wildman–Crippen MR) is 78.3 cm³/mol. The van der Waals surface area contributed by atoms with Gasteiger partial charge in [0.25, 0.3) is 0 Å². The van der Waals surface area contributed by atoms with Gasteiger partial charge in [-0.2, -0.15) is 0 Å². The Labute approximate surface area is 119 Å². The lowest BCUT2D eigenvalue weighted by molar-refractivity contribution is -0.0609. The largest absolute Gasteiger partial charge is 0.383 e. The number of halogens is 1. The Morgan fingerprint density at radius 1 is 1.53 bits per heavy atom. The lowest BCUT2D eigenvalue weighted by Gasteiger charge is -2.37. The normalized spacial score (nSPS) is 19.5. The van der Waals surface area contributed by atoms with Crippen LogP contribution >= 0.6 is 11.6 Å². The van der Waals surface area contributed by atoms with Crippen LogP contribution < -0.4 is 11.1 Å². The number of nitrogens with two attached hydrogens (primary N) is 1. The summed E-state index contributed by atoms with van der Waals surface area (Å²) in [7, 11) is 1.93. The number of nitrogen functional groups attached to an aromatic ring is 1. The average Bonchev–Trinajstić information content (AvgIpc) is 2.84. The topological polar surface area (TPSA) is 60.2 Å². The highest BCUT2D eigenvalue weighted by Gasteiger charge is 2.43. The molecule has 0 saturated heterocycles. The second-order valence-corrected chi connectivity index (χ2v) is 5.49. The first-order valence-corrected chi connectivity index (χ1v) is 7.23. The first-order chi connectivity index (χ1) is 9.13. The van der Waals surface area contributed by atoms with Gasteiger partial charge in [-0.05, 0) is 32.9 Å². The number of pyridine rings is 1. The zero-order valence-electron chi connectivity index (χ0n) is 11.6. The van der Waals surface area contributed by atoms with Gasteiger partial charge in [-0.3, -0.25) is 0 Å². The van der Waals surface area contributed by atoms with Gasteiger partial charge in [0.1, 0.15) is 5.82 Å².